The Morgan fingerprint density at radius 2 is 1.32 bits per heavy atom. The molecular formula is C31H43N3O13. The van der Waals surface area contributed by atoms with Gasteiger partial charge in [0.15, 0.2) is 24.5 Å². The summed E-state index contributed by atoms with van der Waals surface area (Å²) in [5, 5.41) is 7.76. The summed E-state index contributed by atoms with van der Waals surface area (Å²) in [4.78, 5) is 85.9. The van der Waals surface area contributed by atoms with Crippen molar-refractivity contribution in [1.29, 1.82) is 0 Å². The summed E-state index contributed by atoms with van der Waals surface area (Å²) >= 11 is 0. The number of esters is 5. The van der Waals surface area contributed by atoms with Gasteiger partial charge in [-0.3, -0.25) is 34.1 Å². The van der Waals surface area contributed by atoms with Gasteiger partial charge >= 0.3 is 29.8 Å². The Balaban J connectivity index is 2.13. The number of ether oxygens (including phenoxy) is 6. The molecule has 2 rings (SSSR count). The molecule has 16 heteroatoms. The first kappa shape index (κ1) is 38.6. The lowest BCUT2D eigenvalue weighted by Gasteiger charge is -2.44. The normalized spacial score (nSPS) is 21.3. The van der Waals surface area contributed by atoms with E-state index in [-0.39, 0.29) is 13.0 Å². The van der Waals surface area contributed by atoms with E-state index in [1.807, 2.05) is 6.07 Å². The van der Waals surface area contributed by atoms with Gasteiger partial charge in [-0.15, -0.1) is 0 Å². The minimum absolute atomic E-state index is 0.172. The predicted molar refractivity (Wildman–Crippen MR) is 161 cm³/mol. The van der Waals surface area contributed by atoms with Gasteiger partial charge in [-0.05, 0) is 26.3 Å². The summed E-state index contributed by atoms with van der Waals surface area (Å²) in [6.45, 7) is 8.18. The van der Waals surface area contributed by atoms with Crippen LogP contribution in [0, 0.1) is 0 Å². The average molecular weight is 666 g/mol. The quantitative estimate of drug-likeness (QED) is 0.174. The van der Waals surface area contributed by atoms with Gasteiger partial charge in [0.1, 0.15) is 24.4 Å². The average Bonchev–Trinajstić information content (AvgIpc) is 2.93. The highest BCUT2D eigenvalue weighted by Crippen LogP contribution is 2.28. The van der Waals surface area contributed by atoms with Crippen LogP contribution in [0.2, 0.25) is 0 Å². The van der Waals surface area contributed by atoms with E-state index < -0.39 is 97.1 Å². The van der Waals surface area contributed by atoms with E-state index in [9.17, 15) is 33.6 Å². The first-order valence-electron chi connectivity index (χ1n) is 14.8. The van der Waals surface area contributed by atoms with Crippen LogP contribution in [0.15, 0.2) is 30.3 Å². The molecule has 2 amide bonds. The topological polar surface area (TPSA) is 211 Å². The standard InChI is InChI=1S/C31H43N3O13/c1-17(35)42-16-23-26(43-18(2)36)27(44-19(3)37)28(45-20(4)38)29(46-23)34-25(40)15-32-14-24(39)33-22(30(41)47-31(5,6)7)13-21-11-9-8-10-12-21/h8-12,22-23,26-29,32H,13-16H2,1-7H3,(H,33,39)(H,34,40)/t22?,23-,26-,27+,28-,29-/m1/s1. The van der Waals surface area contributed by atoms with Crippen LogP contribution in [0.4, 0.5) is 0 Å². The second kappa shape index (κ2) is 17.9. The molecule has 16 nitrogen and oxygen atoms in total. The predicted octanol–water partition coefficient (Wildman–Crippen LogP) is -0.155. The van der Waals surface area contributed by atoms with Gasteiger partial charge in [0.25, 0.3) is 0 Å². The van der Waals surface area contributed by atoms with E-state index >= 15 is 0 Å². The van der Waals surface area contributed by atoms with E-state index in [4.69, 9.17) is 28.4 Å². The van der Waals surface area contributed by atoms with Crippen molar-refractivity contribution >= 4 is 41.7 Å². The van der Waals surface area contributed by atoms with E-state index in [0.29, 0.717) is 0 Å². The third-order valence-electron chi connectivity index (χ3n) is 6.17. The number of hydrogen-bond acceptors (Lipinski definition) is 14. The largest absolute Gasteiger partial charge is 0.463 e. The fourth-order valence-electron chi connectivity index (χ4n) is 4.51. The van der Waals surface area contributed by atoms with Crippen LogP contribution in [-0.2, 0) is 68.4 Å². The molecule has 1 aliphatic heterocycles. The lowest BCUT2D eigenvalue weighted by Crippen LogP contribution is -2.66. The van der Waals surface area contributed by atoms with E-state index in [1.54, 1.807) is 45.0 Å². The van der Waals surface area contributed by atoms with Crippen LogP contribution in [0.3, 0.4) is 0 Å². The number of carbonyl (C=O) groups is 7. The Labute approximate surface area is 272 Å². The third kappa shape index (κ3) is 14.2. The molecule has 6 atom stereocenters. The Bertz CT molecular complexity index is 1280. The summed E-state index contributed by atoms with van der Waals surface area (Å²) in [5.41, 5.74) is 0.00286. The maximum Gasteiger partial charge on any atom is 0.329 e. The van der Waals surface area contributed by atoms with Crippen molar-refractivity contribution in [1.82, 2.24) is 16.0 Å². The van der Waals surface area contributed by atoms with Gasteiger partial charge in [-0.1, -0.05) is 30.3 Å². The van der Waals surface area contributed by atoms with Crippen LogP contribution in [0.1, 0.15) is 54.0 Å². The fourth-order valence-corrected chi connectivity index (χ4v) is 4.51. The molecule has 0 bridgehead atoms. The molecule has 0 aliphatic carbocycles. The van der Waals surface area contributed by atoms with Crippen molar-refractivity contribution < 1.29 is 62.0 Å². The Morgan fingerprint density at radius 3 is 1.87 bits per heavy atom. The summed E-state index contributed by atoms with van der Waals surface area (Å²) in [6.07, 6.45) is -6.89. The minimum atomic E-state index is -1.49. The molecule has 1 fully saturated rings. The highest BCUT2D eigenvalue weighted by molar-refractivity contribution is 5.86. The Hall–Kier alpha value is -4.57. The van der Waals surface area contributed by atoms with Crippen LogP contribution in [0.25, 0.3) is 0 Å². The van der Waals surface area contributed by atoms with E-state index in [1.165, 1.54) is 0 Å². The van der Waals surface area contributed by atoms with Crippen molar-refractivity contribution in [3.63, 3.8) is 0 Å². The van der Waals surface area contributed by atoms with Crippen molar-refractivity contribution in [3.05, 3.63) is 35.9 Å². The van der Waals surface area contributed by atoms with E-state index in [0.717, 1.165) is 33.3 Å². The SMILES string of the molecule is CC(=O)OC[C@H]1O[C@@H](NC(=O)CNCC(=O)NC(Cc2ccccc2)C(=O)OC(C)(C)C)[C@H](OC(C)=O)[C@@H](OC(C)=O)[C@@H]1OC(C)=O. The second-order valence-electron chi connectivity index (χ2n) is 11.6. The molecule has 0 radical (unpaired) electrons. The van der Waals surface area contributed by atoms with Crippen LogP contribution < -0.4 is 16.0 Å². The van der Waals surface area contributed by atoms with Gasteiger partial charge in [0.05, 0.1) is 13.1 Å². The zero-order valence-electron chi connectivity index (χ0n) is 27.5. The molecule has 1 saturated heterocycles. The van der Waals surface area contributed by atoms with Gasteiger partial charge in [0.2, 0.25) is 11.8 Å². The maximum absolute atomic E-state index is 12.9. The number of benzene rings is 1. The molecule has 1 aromatic carbocycles. The minimum Gasteiger partial charge on any atom is -0.463 e. The van der Waals surface area contributed by atoms with Gasteiger partial charge in [-0.25, -0.2) is 4.79 Å². The van der Waals surface area contributed by atoms with Crippen molar-refractivity contribution in [2.75, 3.05) is 19.7 Å². The third-order valence-corrected chi connectivity index (χ3v) is 6.17. The number of amides is 2. The molecule has 47 heavy (non-hydrogen) atoms. The number of rotatable bonds is 14. The molecule has 3 N–H and O–H groups in total. The number of hydrogen-bond donors (Lipinski definition) is 3. The number of carbonyl (C=O) groups excluding carboxylic acids is 7. The lowest BCUT2D eigenvalue weighted by atomic mass is 9.97. The molecule has 0 aromatic heterocycles. The fraction of sp³-hybridized carbons (Fsp3) is 0.581. The smallest absolute Gasteiger partial charge is 0.329 e. The van der Waals surface area contributed by atoms with Gasteiger partial charge < -0.3 is 39.1 Å². The Morgan fingerprint density at radius 1 is 0.766 bits per heavy atom. The van der Waals surface area contributed by atoms with Crippen LogP contribution in [0.5, 0.6) is 0 Å². The van der Waals surface area contributed by atoms with Crippen molar-refractivity contribution in [2.24, 2.45) is 0 Å². The maximum atomic E-state index is 12.9. The Kier molecular flexibility index (Phi) is 14.7. The summed E-state index contributed by atoms with van der Waals surface area (Å²) < 4.78 is 32.3. The summed E-state index contributed by atoms with van der Waals surface area (Å²) in [7, 11) is 0. The van der Waals surface area contributed by atoms with Crippen LogP contribution in [-0.4, -0.2) is 104 Å². The first-order valence-corrected chi connectivity index (χ1v) is 14.8. The highest BCUT2D eigenvalue weighted by atomic mass is 16.7. The molecule has 1 heterocycles. The molecule has 0 saturated carbocycles. The van der Waals surface area contributed by atoms with Crippen molar-refractivity contribution in [2.45, 2.75) is 97.2 Å². The first-order chi connectivity index (χ1) is 21.9. The summed E-state index contributed by atoms with van der Waals surface area (Å²) in [5.74, 6) is -5.12. The lowest BCUT2D eigenvalue weighted by molar-refractivity contribution is -0.256. The molecule has 1 aromatic rings. The summed E-state index contributed by atoms with van der Waals surface area (Å²) in [6, 6.07) is 8.03. The number of nitrogens with one attached hydrogen (secondary N) is 3. The highest BCUT2D eigenvalue weighted by Gasteiger charge is 2.52. The monoisotopic (exact) mass is 665 g/mol. The van der Waals surface area contributed by atoms with E-state index in [2.05, 4.69) is 16.0 Å². The molecular weight excluding hydrogens is 622 g/mol. The molecule has 0 spiro atoms. The van der Waals surface area contributed by atoms with Crippen molar-refractivity contribution in [3.8, 4) is 0 Å². The molecule has 1 unspecified atom stereocenters. The van der Waals surface area contributed by atoms with Gasteiger partial charge in [0, 0.05) is 34.1 Å². The van der Waals surface area contributed by atoms with Gasteiger partial charge in [-0.2, -0.15) is 0 Å². The molecule has 1 aliphatic rings. The zero-order chi connectivity index (χ0) is 35.3. The molecule has 260 valence electrons. The second-order valence-corrected chi connectivity index (χ2v) is 11.6. The van der Waals surface area contributed by atoms with Crippen LogP contribution >= 0.6 is 0 Å². The zero-order valence-corrected chi connectivity index (χ0v) is 27.5.